The van der Waals surface area contributed by atoms with Crippen molar-refractivity contribution in [1.29, 1.82) is 0 Å². The van der Waals surface area contributed by atoms with Crippen molar-refractivity contribution in [3.8, 4) is 5.69 Å². The normalized spacial score (nSPS) is 18.2. The summed E-state index contributed by atoms with van der Waals surface area (Å²) in [7, 11) is 0. The molecule has 1 unspecified atom stereocenters. The molecular formula is C16H17N3O3. The van der Waals surface area contributed by atoms with E-state index in [1.807, 2.05) is 30.3 Å². The van der Waals surface area contributed by atoms with E-state index in [-0.39, 0.29) is 12.1 Å². The van der Waals surface area contributed by atoms with Crippen LogP contribution in [-0.2, 0) is 4.79 Å². The molecule has 114 valence electrons. The first-order valence-corrected chi connectivity index (χ1v) is 7.27. The molecule has 22 heavy (non-hydrogen) atoms. The molecular weight excluding hydrogens is 282 g/mol. The summed E-state index contributed by atoms with van der Waals surface area (Å²) in [5.41, 5.74) is 1.08. The molecule has 0 radical (unpaired) electrons. The molecule has 1 aliphatic rings. The van der Waals surface area contributed by atoms with Crippen LogP contribution in [0.4, 0.5) is 0 Å². The Labute approximate surface area is 128 Å². The fourth-order valence-electron chi connectivity index (χ4n) is 2.57. The fourth-order valence-corrected chi connectivity index (χ4v) is 2.57. The Hall–Kier alpha value is -2.47. The van der Waals surface area contributed by atoms with E-state index in [0.29, 0.717) is 19.4 Å². The summed E-state index contributed by atoms with van der Waals surface area (Å²) >= 11 is 0. The molecule has 1 amide bonds. The predicted octanol–water partition coefficient (Wildman–Crippen LogP) is 1.04. The Kier molecular flexibility index (Phi) is 4.02. The molecule has 1 atom stereocenters. The van der Waals surface area contributed by atoms with E-state index in [0.717, 1.165) is 5.69 Å². The predicted molar refractivity (Wildman–Crippen MR) is 79.7 cm³/mol. The number of aliphatic hydroxyl groups excluding tert-OH is 1. The first kappa shape index (κ1) is 14.5. The van der Waals surface area contributed by atoms with Crippen molar-refractivity contribution in [3.63, 3.8) is 0 Å². The minimum atomic E-state index is -0.587. The van der Waals surface area contributed by atoms with Gasteiger partial charge in [-0.3, -0.25) is 9.59 Å². The first-order chi connectivity index (χ1) is 10.6. The molecule has 0 saturated carbocycles. The van der Waals surface area contributed by atoms with Gasteiger partial charge in [0.05, 0.1) is 23.6 Å². The third kappa shape index (κ3) is 2.92. The number of amides is 1. The third-order valence-electron chi connectivity index (χ3n) is 3.74. The molecule has 0 bridgehead atoms. The van der Waals surface area contributed by atoms with Crippen LogP contribution >= 0.6 is 0 Å². The lowest BCUT2D eigenvalue weighted by molar-refractivity contribution is -0.129. The summed E-state index contributed by atoms with van der Waals surface area (Å²) in [5.74, 6) is -1.16. The zero-order valence-electron chi connectivity index (χ0n) is 12.1. The summed E-state index contributed by atoms with van der Waals surface area (Å²) in [4.78, 5) is 25.9. The van der Waals surface area contributed by atoms with Gasteiger partial charge in [0.25, 0.3) is 11.7 Å². The maximum atomic E-state index is 12.3. The molecule has 1 fully saturated rings. The van der Waals surface area contributed by atoms with Gasteiger partial charge in [0.2, 0.25) is 0 Å². The summed E-state index contributed by atoms with van der Waals surface area (Å²) in [6, 6.07) is 9.37. The Morgan fingerprint density at radius 3 is 2.73 bits per heavy atom. The zero-order chi connectivity index (χ0) is 15.5. The summed E-state index contributed by atoms with van der Waals surface area (Å²) in [6.07, 6.45) is 3.79. The van der Waals surface area contributed by atoms with Gasteiger partial charge < -0.3 is 10.0 Å². The number of β-amino-alcohol motifs (C(OH)–C–C–N with tert-alkyl or cyclic N) is 1. The Morgan fingerprint density at radius 2 is 2.00 bits per heavy atom. The highest BCUT2D eigenvalue weighted by atomic mass is 16.3. The number of benzene rings is 1. The number of piperidine rings is 1. The minimum Gasteiger partial charge on any atom is -0.391 e. The number of ketones is 1. The number of hydrogen-bond acceptors (Lipinski definition) is 4. The van der Waals surface area contributed by atoms with Gasteiger partial charge in [-0.2, -0.15) is 5.10 Å². The number of Topliss-reactive ketones (excluding diaryl/α,β-unsaturated/α-hetero) is 1. The Bertz CT molecular complexity index is 681. The molecule has 0 aliphatic carbocycles. The molecule has 1 aromatic heterocycles. The molecule has 0 spiro atoms. The molecule has 3 rings (SSSR count). The lowest BCUT2D eigenvalue weighted by Gasteiger charge is -2.29. The van der Waals surface area contributed by atoms with E-state index >= 15 is 0 Å². The van der Waals surface area contributed by atoms with Crippen LogP contribution in [0.15, 0.2) is 42.7 Å². The van der Waals surface area contributed by atoms with Gasteiger partial charge in [-0.15, -0.1) is 0 Å². The number of nitrogens with zero attached hydrogens (tertiary/aromatic N) is 3. The Morgan fingerprint density at radius 1 is 1.23 bits per heavy atom. The topological polar surface area (TPSA) is 75.4 Å². The lowest BCUT2D eigenvalue weighted by Crippen LogP contribution is -2.45. The van der Waals surface area contributed by atoms with Gasteiger partial charge in [0.1, 0.15) is 0 Å². The van der Waals surface area contributed by atoms with Crippen molar-refractivity contribution in [2.24, 2.45) is 0 Å². The zero-order valence-corrected chi connectivity index (χ0v) is 12.1. The van der Waals surface area contributed by atoms with Gasteiger partial charge in [0.15, 0.2) is 0 Å². The lowest BCUT2D eigenvalue weighted by atomic mass is 10.1. The SMILES string of the molecule is O=C(C(=O)N1CCCC(O)C1)c1cnn(-c2ccccc2)c1. The number of aromatic nitrogens is 2. The summed E-state index contributed by atoms with van der Waals surface area (Å²) in [5, 5.41) is 13.7. The number of hydrogen-bond donors (Lipinski definition) is 1. The smallest absolute Gasteiger partial charge is 0.295 e. The molecule has 1 aliphatic heterocycles. The van der Waals surface area contributed by atoms with Crippen molar-refractivity contribution in [1.82, 2.24) is 14.7 Å². The second kappa shape index (κ2) is 6.11. The Balaban J connectivity index is 1.75. The van der Waals surface area contributed by atoms with Crippen molar-refractivity contribution >= 4 is 11.7 Å². The van der Waals surface area contributed by atoms with Gasteiger partial charge in [-0.1, -0.05) is 18.2 Å². The number of likely N-dealkylation sites (tertiary alicyclic amines) is 1. The number of carbonyl (C=O) groups excluding carboxylic acids is 2. The van der Waals surface area contributed by atoms with Crippen LogP contribution in [0, 0.1) is 0 Å². The van der Waals surface area contributed by atoms with Crippen LogP contribution < -0.4 is 0 Å². The van der Waals surface area contributed by atoms with Gasteiger partial charge in [-0.05, 0) is 25.0 Å². The quantitative estimate of drug-likeness (QED) is 0.678. The van der Waals surface area contributed by atoms with E-state index in [2.05, 4.69) is 5.10 Å². The average Bonchev–Trinajstić information content (AvgIpc) is 3.04. The van der Waals surface area contributed by atoms with Crippen molar-refractivity contribution in [3.05, 3.63) is 48.3 Å². The monoisotopic (exact) mass is 299 g/mol. The molecule has 6 heteroatoms. The van der Waals surface area contributed by atoms with Crippen molar-refractivity contribution in [2.45, 2.75) is 18.9 Å². The van der Waals surface area contributed by atoms with E-state index in [4.69, 9.17) is 0 Å². The van der Waals surface area contributed by atoms with Crippen LogP contribution in [0.1, 0.15) is 23.2 Å². The second-order valence-electron chi connectivity index (χ2n) is 5.39. The highest BCUT2D eigenvalue weighted by Crippen LogP contribution is 2.13. The van der Waals surface area contributed by atoms with E-state index < -0.39 is 17.8 Å². The number of aliphatic hydroxyl groups is 1. The maximum absolute atomic E-state index is 12.3. The molecule has 1 N–H and O–H groups in total. The highest BCUT2D eigenvalue weighted by Gasteiger charge is 2.28. The van der Waals surface area contributed by atoms with Crippen LogP contribution in [0.2, 0.25) is 0 Å². The minimum absolute atomic E-state index is 0.220. The molecule has 6 nitrogen and oxygen atoms in total. The fraction of sp³-hybridized carbons (Fsp3) is 0.312. The van der Waals surface area contributed by atoms with Crippen LogP contribution in [-0.4, -0.2) is 50.7 Å². The standard InChI is InChI=1S/C16H17N3O3/c20-14-7-4-8-18(11-14)16(22)15(21)12-9-17-19(10-12)13-5-2-1-3-6-13/h1-3,5-6,9-10,14,20H,4,7-8,11H2. The largest absolute Gasteiger partial charge is 0.391 e. The van der Waals surface area contributed by atoms with Crippen molar-refractivity contribution < 1.29 is 14.7 Å². The van der Waals surface area contributed by atoms with Gasteiger partial charge >= 0.3 is 0 Å². The maximum Gasteiger partial charge on any atom is 0.295 e. The van der Waals surface area contributed by atoms with Crippen molar-refractivity contribution in [2.75, 3.05) is 13.1 Å². The summed E-state index contributed by atoms with van der Waals surface area (Å²) < 4.78 is 1.56. The molecule has 1 aromatic carbocycles. The first-order valence-electron chi connectivity index (χ1n) is 7.27. The molecule has 2 heterocycles. The van der Waals surface area contributed by atoms with E-state index in [1.165, 1.54) is 11.1 Å². The second-order valence-corrected chi connectivity index (χ2v) is 5.39. The van der Waals surface area contributed by atoms with E-state index in [9.17, 15) is 14.7 Å². The number of rotatable bonds is 3. The van der Waals surface area contributed by atoms with Gasteiger partial charge in [0, 0.05) is 19.3 Å². The number of carbonyl (C=O) groups is 2. The third-order valence-corrected chi connectivity index (χ3v) is 3.74. The molecule has 2 aromatic rings. The van der Waals surface area contributed by atoms with E-state index in [1.54, 1.807) is 10.9 Å². The number of para-hydroxylation sites is 1. The average molecular weight is 299 g/mol. The summed E-state index contributed by atoms with van der Waals surface area (Å²) in [6.45, 7) is 0.728. The van der Waals surface area contributed by atoms with Gasteiger partial charge in [-0.25, -0.2) is 4.68 Å². The van der Waals surface area contributed by atoms with Crippen LogP contribution in [0.5, 0.6) is 0 Å². The highest BCUT2D eigenvalue weighted by molar-refractivity contribution is 6.42. The van der Waals surface area contributed by atoms with Crippen LogP contribution in [0.25, 0.3) is 5.69 Å². The molecule has 1 saturated heterocycles. The van der Waals surface area contributed by atoms with Crippen LogP contribution in [0.3, 0.4) is 0 Å².